The van der Waals surface area contributed by atoms with Crippen LogP contribution in [-0.2, 0) is 15.7 Å². The van der Waals surface area contributed by atoms with E-state index in [1.54, 1.807) is 13.8 Å². The molecule has 0 unspecified atom stereocenters. The Morgan fingerprint density at radius 1 is 1.07 bits per heavy atom. The topological polar surface area (TPSA) is 85.5 Å². The summed E-state index contributed by atoms with van der Waals surface area (Å²) in [6.45, 7) is 4.25. The predicted molar refractivity (Wildman–Crippen MR) is 92.3 cm³/mol. The number of carbonyl (C=O) groups is 3. The molecule has 1 aromatic heterocycles. The summed E-state index contributed by atoms with van der Waals surface area (Å²) in [5, 5.41) is 0. The van der Waals surface area contributed by atoms with Crippen molar-refractivity contribution in [2.24, 2.45) is 0 Å². The number of hydrogen-bond donors (Lipinski definition) is 1. The van der Waals surface area contributed by atoms with Crippen LogP contribution in [0.2, 0.25) is 0 Å². The van der Waals surface area contributed by atoms with E-state index in [9.17, 15) is 27.6 Å². The molecule has 0 saturated heterocycles. The Bertz CT molecular complexity index is 915. The highest BCUT2D eigenvalue weighted by molar-refractivity contribution is 6.03. The van der Waals surface area contributed by atoms with Gasteiger partial charge in [-0.2, -0.15) is 13.2 Å². The van der Waals surface area contributed by atoms with Gasteiger partial charge in [0.2, 0.25) is 5.78 Å². The van der Waals surface area contributed by atoms with E-state index in [1.807, 2.05) is 0 Å². The summed E-state index contributed by atoms with van der Waals surface area (Å²) in [7, 11) is 0. The highest BCUT2D eigenvalue weighted by atomic mass is 19.4. The van der Waals surface area contributed by atoms with E-state index in [4.69, 9.17) is 9.47 Å². The first-order valence-electron chi connectivity index (χ1n) is 8.30. The van der Waals surface area contributed by atoms with Gasteiger partial charge < -0.3 is 14.5 Å². The van der Waals surface area contributed by atoms with Crippen molar-refractivity contribution < 1.29 is 37.0 Å². The van der Waals surface area contributed by atoms with Crippen LogP contribution in [0.4, 0.5) is 13.2 Å². The zero-order valence-corrected chi connectivity index (χ0v) is 15.4. The van der Waals surface area contributed by atoms with Crippen LogP contribution < -0.4 is 0 Å². The Morgan fingerprint density at radius 2 is 1.75 bits per heavy atom. The van der Waals surface area contributed by atoms with Crippen LogP contribution in [0.15, 0.2) is 24.3 Å². The largest absolute Gasteiger partial charge is 0.462 e. The molecule has 1 N–H and O–H groups in total. The lowest BCUT2D eigenvalue weighted by atomic mass is 10.1. The average molecular weight is 397 g/mol. The van der Waals surface area contributed by atoms with Gasteiger partial charge in [-0.05, 0) is 44.5 Å². The summed E-state index contributed by atoms with van der Waals surface area (Å²) in [5.74, 6) is -2.28. The molecular formula is C19H18F3NO5. The van der Waals surface area contributed by atoms with Crippen molar-refractivity contribution in [1.29, 1.82) is 0 Å². The number of aromatic nitrogens is 1. The number of aromatic amines is 1. The first kappa shape index (κ1) is 21.2. The number of ketones is 1. The van der Waals surface area contributed by atoms with Gasteiger partial charge in [-0.15, -0.1) is 0 Å². The van der Waals surface area contributed by atoms with E-state index in [1.165, 1.54) is 6.92 Å². The van der Waals surface area contributed by atoms with Gasteiger partial charge in [0.05, 0.1) is 29.0 Å². The third-order valence-electron chi connectivity index (χ3n) is 3.96. The zero-order valence-electron chi connectivity index (χ0n) is 15.4. The number of esters is 2. The molecule has 0 radical (unpaired) electrons. The molecule has 0 aliphatic rings. The molecule has 0 saturated carbocycles. The van der Waals surface area contributed by atoms with Crippen LogP contribution in [0, 0.1) is 13.8 Å². The van der Waals surface area contributed by atoms with Crippen molar-refractivity contribution >= 4 is 17.7 Å². The number of nitrogens with one attached hydrogen (secondary N) is 1. The lowest BCUT2D eigenvalue weighted by Gasteiger charge is -2.08. The molecule has 6 nitrogen and oxygen atoms in total. The molecule has 0 amide bonds. The van der Waals surface area contributed by atoms with Gasteiger partial charge in [0.25, 0.3) is 0 Å². The number of halogens is 3. The van der Waals surface area contributed by atoms with Crippen LogP contribution in [0.1, 0.15) is 54.9 Å². The van der Waals surface area contributed by atoms with Crippen molar-refractivity contribution in [3.63, 3.8) is 0 Å². The van der Waals surface area contributed by atoms with E-state index in [0.717, 1.165) is 18.2 Å². The Labute approximate surface area is 158 Å². The summed E-state index contributed by atoms with van der Waals surface area (Å²) in [6.07, 6.45) is -4.60. The third kappa shape index (κ3) is 4.59. The molecule has 9 heteroatoms. The number of benzene rings is 1. The number of hydrogen-bond acceptors (Lipinski definition) is 5. The standard InChI is InChI=1S/C19H18F3NO5/c1-4-27-18(26)15-10(2)16(23-11(15)3)14(24)9-28-17(25)12-6-5-7-13(8-12)19(20,21)22/h5-8,23H,4,9H2,1-3H3. The van der Waals surface area contributed by atoms with Crippen molar-refractivity contribution in [3.05, 3.63) is 57.9 Å². The number of alkyl halides is 3. The summed E-state index contributed by atoms with van der Waals surface area (Å²) in [5.41, 5.74) is -0.274. The van der Waals surface area contributed by atoms with Gasteiger partial charge in [-0.3, -0.25) is 4.79 Å². The number of aryl methyl sites for hydroxylation is 1. The number of rotatable bonds is 6. The Kier molecular flexibility index (Phi) is 6.27. The van der Waals surface area contributed by atoms with E-state index in [2.05, 4.69) is 4.98 Å². The van der Waals surface area contributed by atoms with E-state index in [-0.39, 0.29) is 23.4 Å². The minimum Gasteiger partial charge on any atom is -0.462 e. The smallest absolute Gasteiger partial charge is 0.416 e. The van der Waals surface area contributed by atoms with E-state index in [0.29, 0.717) is 17.3 Å². The van der Waals surface area contributed by atoms with Crippen molar-refractivity contribution in [2.45, 2.75) is 26.9 Å². The van der Waals surface area contributed by atoms with Crippen molar-refractivity contribution in [2.75, 3.05) is 13.2 Å². The summed E-state index contributed by atoms with van der Waals surface area (Å²) < 4.78 is 47.9. The second kappa shape index (κ2) is 8.28. The number of carbonyl (C=O) groups excluding carboxylic acids is 3. The average Bonchev–Trinajstić information content (AvgIpc) is 2.93. The number of H-pyrrole nitrogens is 1. The van der Waals surface area contributed by atoms with Gasteiger partial charge in [0, 0.05) is 5.69 Å². The fourth-order valence-corrected chi connectivity index (χ4v) is 2.65. The first-order valence-corrected chi connectivity index (χ1v) is 8.30. The molecule has 1 aromatic carbocycles. The molecule has 2 aromatic rings. The summed E-state index contributed by atoms with van der Waals surface area (Å²) >= 11 is 0. The van der Waals surface area contributed by atoms with Gasteiger partial charge in [0.15, 0.2) is 6.61 Å². The summed E-state index contributed by atoms with van der Waals surface area (Å²) in [6, 6.07) is 3.70. The second-order valence-corrected chi connectivity index (χ2v) is 5.92. The molecule has 0 aliphatic carbocycles. The van der Waals surface area contributed by atoms with E-state index < -0.39 is 36.1 Å². The maximum Gasteiger partial charge on any atom is 0.416 e. The molecule has 28 heavy (non-hydrogen) atoms. The summed E-state index contributed by atoms with van der Waals surface area (Å²) in [4.78, 5) is 39.0. The SMILES string of the molecule is CCOC(=O)c1c(C)[nH]c(C(=O)COC(=O)c2cccc(C(F)(F)F)c2)c1C. The van der Waals surface area contributed by atoms with Crippen molar-refractivity contribution in [3.8, 4) is 0 Å². The molecule has 2 rings (SSSR count). The van der Waals surface area contributed by atoms with Crippen LogP contribution >= 0.6 is 0 Å². The Hall–Kier alpha value is -3.10. The van der Waals surface area contributed by atoms with Crippen LogP contribution in [0.5, 0.6) is 0 Å². The van der Waals surface area contributed by atoms with Gasteiger partial charge in [-0.1, -0.05) is 6.07 Å². The number of Topliss-reactive ketones (excluding diaryl/α,β-unsaturated/α-hetero) is 1. The molecule has 0 fully saturated rings. The quantitative estimate of drug-likeness (QED) is 0.591. The Morgan fingerprint density at radius 3 is 2.36 bits per heavy atom. The van der Waals surface area contributed by atoms with E-state index >= 15 is 0 Å². The highest BCUT2D eigenvalue weighted by Gasteiger charge is 2.31. The highest BCUT2D eigenvalue weighted by Crippen LogP contribution is 2.29. The minimum absolute atomic E-state index is 0.0670. The van der Waals surface area contributed by atoms with Gasteiger partial charge in [0.1, 0.15) is 0 Å². The third-order valence-corrected chi connectivity index (χ3v) is 3.96. The normalized spacial score (nSPS) is 11.2. The van der Waals surface area contributed by atoms with Gasteiger partial charge >= 0.3 is 18.1 Å². The molecule has 0 atom stereocenters. The molecular weight excluding hydrogens is 379 g/mol. The molecule has 1 heterocycles. The van der Waals surface area contributed by atoms with Crippen molar-refractivity contribution in [1.82, 2.24) is 4.98 Å². The fourth-order valence-electron chi connectivity index (χ4n) is 2.65. The van der Waals surface area contributed by atoms with Crippen LogP contribution in [0.25, 0.3) is 0 Å². The maximum absolute atomic E-state index is 12.7. The lowest BCUT2D eigenvalue weighted by Crippen LogP contribution is -2.16. The molecule has 0 spiro atoms. The lowest BCUT2D eigenvalue weighted by molar-refractivity contribution is -0.137. The monoisotopic (exact) mass is 397 g/mol. The first-order chi connectivity index (χ1) is 13.1. The fraction of sp³-hybridized carbons (Fsp3) is 0.316. The Balaban J connectivity index is 2.12. The van der Waals surface area contributed by atoms with Crippen LogP contribution in [0.3, 0.4) is 0 Å². The molecule has 0 bridgehead atoms. The molecule has 0 aliphatic heterocycles. The predicted octanol–water partition coefficient (Wildman–Crippen LogP) is 3.87. The van der Waals surface area contributed by atoms with Crippen LogP contribution in [-0.4, -0.2) is 35.9 Å². The second-order valence-electron chi connectivity index (χ2n) is 5.92. The molecule has 150 valence electrons. The minimum atomic E-state index is -4.60. The van der Waals surface area contributed by atoms with Gasteiger partial charge in [-0.25, -0.2) is 9.59 Å². The number of ether oxygens (including phenoxy) is 2. The maximum atomic E-state index is 12.7. The zero-order chi connectivity index (χ0) is 21.1.